The van der Waals surface area contributed by atoms with Crippen molar-refractivity contribution in [3.8, 4) is 0 Å². The summed E-state index contributed by atoms with van der Waals surface area (Å²) in [5.74, 6) is 0.256. The van der Waals surface area contributed by atoms with Gasteiger partial charge in [0.1, 0.15) is 11.3 Å². The largest absolute Gasteiger partial charge is 0.441 e. The van der Waals surface area contributed by atoms with E-state index in [4.69, 9.17) is 4.74 Å². The van der Waals surface area contributed by atoms with E-state index in [9.17, 15) is 9.59 Å². The molecule has 2 aliphatic rings. The molecule has 7 nitrogen and oxygen atoms in total. The molecule has 0 aromatic carbocycles. The van der Waals surface area contributed by atoms with Crippen LogP contribution >= 0.6 is 0 Å². The summed E-state index contributed by atoms with van der Waals surface area (Å²) >= 11 is 0. The summed E-state index contributed by atoms with van der Waals surface area (Å²) in [6.45, 7) is 10.1. The molecule has 26 heavy (non-hydrogen) atoms. The molecule has 0 radical (unpaired) electrons. The summed E-state index contributed by atoms with van der Waals surface area (Å²) in [6.07, 6.45) is 3.18. The highest BCUT2D eigenvalue weighted by Gasteiger charge is 2.48. The first kappa shape index (κ1) is 18.7. The van der Waals surface area contributed by atoms with Gasteiger partial charge in [0.25, 0.3) is 5.91 Å². The second-order valence-electron chi connectivity index (χ2n) is 7.97. The maximum Gasteiger partial charge on any atom is 0.410 e. The second-order valence-corrected chi connectivity index (χ2v) is 7.97. The highest BCUT2D eigenvalue weighted by molar-refractivity contribution is 5.92. The lowest BCUT2D eigenvalue weighted by Crippen LogP contribution is -2.49. The number of hydrogen-bond donors (Lipinski definition) is 1. The number of aromatic nitrogens is 2. The van der Waals surface area contributed by atoms with Gasteiger partial charge in [0.05, 0.1) is 6.54 Å². The minimum atomic E-state index is -0.440. The fraction of sp³-hybridized carbons (Fsp3) is 0.737. The number of nitrogens with one attached hydrogen (secondary N) is 1. The summed E-state index contributed by atoms with van der Waals surface area (Å²) in [7, 11) is 0. The van der Waals surface area contributed by atoms with E-state index < -0.39 is 5.60 Å². The van der Waals surface area contributed by atoms with Crippen molar-refractivity contribution in [2.24, 2.45) is 0 Å². The van der Waals surface area contributed by atoms with Crippen LogP contribution in [0.5, 0.6) is 0 Å². The van der Waals surface area contributed by atoms with Gasteiger partial charge in [0, 0.05) is 37.7 Å². The molecular formula is C19H30N4O3. The smallest absolute Gasteiger partial charge is 0.410 e. The van der Waals surface area contributed by atoms with Crippen molar-refractivity contribution in [3.05, 3.63) is 17.5 Å². The highest BCUT2D eigenvalue weighted by Crippen LogP contribution is 2.35. The molecule has 0 bridgehead atoms. The van der Waals surface area contributed by atoms with Crippen molar-refractivity contribution in [2.45, 2.75) is 70.9 Å². The molecule has 2 amide bonds. The molecule has 0 unspecified atom stereocenters. The first-order valence-electron chi connectivity index (χ1n) is 9.69. The normalized spacial score (nSPS) is 20.7. The second kappa shape index (κ2) is 7.29. The van der Waals surface area contributed by atoms with Gasteiger partial charge in [-0.3, -0.25) is 9.89 Å². The Labute approximate surface area is 155 Å². The van der Waals surface area contributed by atoms with Crippen molar-refractivity contribution in [2.75, 3.05) is 19.6 Å². The average molecular weight is 362 g/mol. The van der Waals surface area contributed by atoms with Crippen LogP contribution in [-0.4, -0.2) is 63.3 Å². The van der Waals surface area contributed by atoms with Crippen molar-refractivity contribution in [3.63, 3.8) is 0 Å². The zero-order valence-corrected chi connectivity index (χ0v) is 16.2. The minimum Gasteiger partial charge on any atom is -0.441 e. The molecular weight excluding hydrogens is 332 g/mol. The van der Waals surface area contributed by atoms with Crippen LogP contribution < -0.4 is 0 Å². The van der Waals surface area contributed by atoms with Crippen molar-refractivity contribution >= 4 is 12.0 Å². The SMILES string of the molecule is CCC[C@@H](C)N1CC2(CCN(C(=O)c3cc(C(C)C)[nH]n3)CC2)OC1=O. The summed E-state index contributed by atoms with van der Waals surface area (Å²) in [5, 5.41) is 7.10. The number of nitrogens with zero attached hydrogens (tertiary/aromatic N) is 3. The predicted molar refractivity (Wildman–Crippen MR) is 98.1 cm³/mol. The molecule has 3 rings (SSSR count). The molecule has 7 heteroatoms. The standard InChI is InChI=1S/C19H30N4O3/c1-5-6-14(4)23-12-19(26-18(23)25)7-9-22(10-8-19)17(24)16-11-15(13(2)3)20-21-16/h11,13-14H,5-10,12H2,1-4H3,(H,20,21)/t14-/m1/s1. The van der Waals surface area contributed by atoms with E-state index in [1.807, 2.05) is 15.9 Å². The van der Waals surface area contributed by atoms with Gasteiger partial charge in [-0.15, -0.1) is 0 Å². The molecule has 1 atom stereocenters. The van der Waals surface area contributed by atoms with Gasteiger partial charge in [0.15, 0.2) is 0 Å². The van der Waals surface area contributed by atoms with Crippen LogP contribution in [0.2, 0.25) is 0 Å². The van der Waals surface area contributed by atoms with E-state index in [-0.39, 0.29) is 18.0 Å². The molecule has 3 heterocycles. The quantitative estimate of drug-likeness (QED) is 0.873. The topological polar surface area (TPSA) is 78.5 Å². The van der Waals surface area contributed by atoms with Gasteiger partial charge in [-0.2, -0.15) is 5.10 Å². The lowest BCUT2D eigenvalue weighted by molar-refractivity contribution is 0.00290. The Bertz CT molecular complexity index is 661. The van der Waals surface area contributed by atoms with Gasteiger partial charge in [0.2, 0.25) is 0 Å². The summed E-state index contributed by atoms with van der Waals surface area (Å²) in [6, 6.07) is 2.03. The number of likely N-dealkylation sites (tertiary alicyclic amines) is 1. The van der Waals surface area contributed by atoms with Crippen LogP contribution in [0.15, 0.2) is 6.07 Å². The third kappa shape index (κ3) is 3.57. The number of piperidine rings is 1. The minimum absolute atomic E-state index is 0.0523. The van der Waals surface area contributed by atoms with Crippen LogP contribution in [0.3, 0.4) is 0 Å². The molecule has 0 aliphatic carbocycles. The zero-order valence-electron chi connectivity index (χ0n) is 16.2. The van der Waals surface area contributed by atoms with Gasteiger partial charge >= 0.3 is 6.09 Å². The molecule has 1 spiro atoms. The van der Waals surface area contributed by atoms with Crippen LogP contribution in [0.1, 0.15) is 75.5 Å². The lowest BCUT2D eigenvalue weighted by Gasteiger charge is -2.37. The molecule has 1 aromatic rings. The maximum absolute atomic E-state index is 12.7. The van der Waals surface area contributed by atoms with Gasteiger partial charge in [-0.1, -0.05) is 27.2 Å². The third-order valence-electron chi connectivity index (χ3n) is 5.64. The zero-order chi connectivity index (χ0) is 18.9. The van der Waals surface area contributed by atoms with E-state index in [2.05, 4.69) is 37.9 Å². The molecule has 2 aliphatic heterocycles. The number of amides is 2. The van der Waals surface area contributed by atoms with Gasteiger partial charge < -0.3 is 14.5 Å². The van der Waals surface area contributed by atoms with E-state index in [0.717, 1.165) is 18.5 Å². The van der Waals surface area contributed by atoms with Crippen molar-refractivity contribution in [1.29, 1.82) is 0 Å². The number of rotatable bonds is 5. The molecule has 1 aromatic heterocycles. The van der Waals surface area contributed by atoms with E-state index >= 15 is 0 Å². The molecule has 0 saturated carbocycles. The number of hydrogen-bond acceptors (Lipinski definition) is 4. The van der Waals surface area contributed by atoms with Gasteiger partial charge in [-0.25, -0.2) is 4.79 Å². The Morgan fingerprint density at radius 3 is 2.62 bits per heavy atom. The highest BCUT2D eigenvalue weighted by atomic mass is 16.6. The molecule has 2 fully saturated rings. The number of carbonyl (C=O) groups excluding carboxylic acids is 2. The number of ether oxygens (including phenoxy) is 1. The van der Waals surface area contributed by atoms with Gasteiger partial charge in [-0.05, 0) is 25.3 Å². The van der Waals surface area contributed by atoms with Crippen LogP contribution in [0, 0.1) is 0 Å². The summed E-state index contributed by atoms with van der Waals surface area (Å²) in [5.41, 5.74) is 0.989. The number of aromatic amines is 1. The number of carbonyl (C=O) groups is 2. The molecule has 144 valence electrons. The Hall–Kier alpha value is -2.05. The van der Waals surface area contributed by atoms with Crippen LogP contribution in [-0.2, 0) is 4.74 Å². The fourth-order valence-corrected chi connectivity index (χ4v) is 3.84. The first-order valence-corrected chi connectivity index (χ1v) is 9.69. The van der Waals surface area contributed by atoms with E-state index in [1.165, 1.54) is 0 Å². The Morgan fingerprint density at radius 2 is 2.04 bits per heavy atom. The van der Waals surface area contributed by atoms with Crippen LogP contribution in [0.4, 0.5) is 4.79 Å². The Balaban J connectivity index is 1.60. The summed E-state index contributed by atoms with van der Waals surface area (Å²) in [4.78, 5) is 28.6. The fourth-order valence-electron chi connectivity index (χ4n) is 3.84. The third-order valence-corrected chi connectivity index (χ3v) is 5.64. The number of H-pyrrole nitrogens is 1. The average Bonchev–Trinajstić information content (AvgIpc) is 3.21. The maximum atomic E-state index is 12.7. The molecule has 1 N–H and O–H groups in total. The van der Waals surface area contributed by atoms with E-state index in [1.54, 1.807) is 0 Å². The monoisotopic (exact) mass is 362 g/mol. The predicted octanol–water partition coefficient (Wildman–Crippen LogP) is 3.15. The van der Waals surface area contributed by atoms with Crippen LogP contribution in [0.25, 0.3) is 0 Å². The molecule has 2 saturated heterocycles. The Kier molecular flexibility index (Phi) is 5.25. The lowest BCUT2D eigenvalue weighted by atomic mass is 9.90. The Morgan fingerprint density at radius 1 is 1.35 bits per heavy atom. The first-order chi connectivity index (χ1) is 12.3. The van der Waals surface area contributed by atoms with Crippen molar-refractivity contribution < 1.29 is 14.3 Å². The summed E-state index contributed by atoms with van der Waals surface area (Å²) < 4.78 is 5.77. The van der Waals surface area contributed by atoms with E-state index in [0.29, 0.717) is 44.1 Å². The van der Waals surface area contributed by atoms with Crippen molar-refractivity contribution in [1.82, 2.24) is 20.0 Å².